The normalized spacial score (nSPS) is 10.3. The van der Waals surface area contributed by atoms with Gasteiger partial charge in [-0.2, -0.15) is 8.78 Å². The van der Waals surface area contributed by atoms with Gasteiger partial charge in [-0.05, 0) is 6.07 Å². The summed E-state index contributed by atoms with van der Waals surface area (Å²) in [6.45, 7) is -3.15. The van der Waals surface area contributed by atoms with Crippen molar-refractivity contribution < 1.29 is 23.2 Å². The van der Waals surface area contributed by atoms with Gasteiger partial charge < -0.3 is 10.1 Å². The van der Waals surface area contributed by atoms with E-state index in [0.717, 1.165) is 22.9 Å². The van der Waals surface area contributed by atoms with Gasteiger partial charge >= 0.3 is 12.6 Å². The molecule has 0 saturated carbocycles. The fraction of sp³-hybridized carbons (Fsp3) is 0.100. The van der Waals surface area contributed by atoms with Gasteiger partial charge in [-0.15, -0.1) is 10.2 Å². The van der Waals surface area contributed by atoms with Gasteiger partial charge in [0, 0.05) is 12.1 Å². The summed E-state index contributed by atoms with van der Waals surface area (Å²) in [6.07, 6.45) is 2.34. The standard InChI is InChI=1S/C10H8F2N6O4/c11-9(12)22-8-2-1-6(18(20)21)3-7(8)15-10(19)16-17-4-13-14-5-17/h1-5,9H,(H2,15,16,19). The van der Waals surface area contributed by atoms with E-state index >= 15 is 0 Å². The van der Waals surface area contributed by atoms with Gasteiger partial charge in [-0.3, -0.25) is 10.1 Å². The third-order valence-corrected chi connectivity index (χ3v) is 2.29. The molecule has 1 aromatic heterocycles. The van der Waals surface area contributed by atoms with Crippen LogP contribution < -0.4 is 15.5 Å². The first-order valence-electron chi connectivity index (χ1n) is 5.61. The lowest BCUT2D eigenvalue weighted by Crippen LogP contribution is -2.27. The summed E-state index contributed by atoms with van der Waals surface area (Å²) in [5.41, 5.74) is 1.54. The second-order valence-electron chi connectivity index (χ2n) is 3.75. The maximum absolute atomic E-state index is 12.3. The zero-order valence-electron chi connectivity index (χ0n) is 10.6. The molecule has 0 atom stereocenters. The van der Waals surface area contributed by atoms with E-state index < -0.39 is 29.0 Å². The van der Waals surface area contributed by atoms with E-state index in [1.165, 1.54) is 12.7 Å². The number of nitrogens with zero attached hydrogens (tertiary/aromatic N) is 4. The van der Waals surface area contributed by atoms with Crippen molar-refractivity contribution in [1.82, 2.24) is 14.9 Å². The Kier molecular flexibility index (Phi) is 4.41. The maximum atomic E-state index is 12.3. The molecule has 0 fully saturated rings. The number of alkyl halides is 2. The third-order valence-electron chi connectivity index (χ3n) is 2.29. The molecule has 0 bridgehead atoms. The van der Waals surface area contributed by atoms with Crippen molar-refractivity contribution in [3.63, 3.8) is 0 Å². The minimum atomic E-state index is -3.15. The summed E-state index contributed by atoms with van der Waals surface area (Å²) < 4.78 is 29.9. The molecule has 2 amide bonds. The lowest BCUT2D eigenvalue weighted by atomic mass is 10.2. The number of non-ortho nitro benzene ring substituents is 1. The zero-order valence-corrected chi connectivity index (χ0v) is 10.6. The Bertz CT molecular complexity index is 678. The summed E-state index contributed by atoms with van der Waals surface area (Å²) in [5, 5.41) is 19.7. The van der Waals surface area contributed by atoms with E-state index in [-0.39, 0.29) is 5.69 Å². The number of amides is 2. The van der Waals surface area contributed by atoms with Crippen LogP contribution in [-0.4, -0.2) is 32.4 Å². The first-order valence-corrected chi connectivity index (χ1v) is 5.61. The molecule has 2 rings (SSSR count). The largest absolute Gasteiger partial charge is 0.433 e. The number of ether oxygens (including phenoxy) is 1. The summed E-state index contributed by atoms with van der Waals surface area (Å²) in [4.78, 5) is 21.6. The van der Waals surface area contributed by atoms with Crippen molar-refractivity contribution in [2.45, 2.75) is 6.61 Å². The Hall–Kier alpha value is -3.31. The average molecular weight is 314 g/mol. The smallest absolute Gasteiger partial charge is 0.387 e. The minimum absolute atomic E-state index is 0.292. The van der Waals surface area contributed by atoms with Crippen molar-refractivity contribution in [1.29, 1.82) is 0 Å². The predicted molar refractivity (Wildman–Crippen MR) is 68.1 cm³/mol. The number of nitro groups is 1. The molecule has 116 valence electrons. The number of nitrogens with one attached hydrogen (secondary N) is 2. The third kappa shape index (κ3) is 3.84. The van der Waals surface area contributed by atoms with E-state index in [1.807, 2.05) is 0 Å². The fourth-order valence-corrected chi connectivity index (χ4v) is 1.45. The van der Waals surface area contributed by atoms with Gasteiger partial charge in [0.2, 0.25) is 0 Å². The van der Waals surface area contributed by atoms with Gasteiger partial charge in [-0.1, -0.05) is 0 Å². The molecule has 0 saturated heterocycles. The van der Waals surface area contributed by atoms with Crippen molar-refractivity contribution in [2.24, 2.45) is 0 Å². The highest BCUT2D eigenvalue weighted by Crippen LogP contribution is 2.30. The molecule has 0 radical (unpaired) electrons. The van der Waals surface area contributed by atoms with Gasteiger partial charge in [-0.25, -0.2) is 14.9 Å². The predicted octanol–water partition coefficient (Wildman–Crippen LogP) is 1.56. The van der Waals surface area contributed by atoms with Crippen LogP contribution in [0.3, 0.4) is 0 Å². The molecule has 2 aromatic rings. The highest BCUT2D eigenvalue weighted by atomic mass is 19.3. The topological polar surface area (TPSA) is 124 Å². The van der Waals surface area contributed by atoms with Crippen LogP contribution in [0.15, 0.2) is 30.9 Å². The molecule has 12 heteroatoms. The average Bonchev–Trinajstić information content (AvgIpc) is 2.92. The molecule has 0 aliphatic rings. The summed E-state index contributed by atoms with van der Waals surface area (Å²) in [7, 11) is 0. The van der Waals surface area contributed by atoms with Crippen LogP contribution in [0.1, 0.15) is 0 Å². The van der Waals surface area contributed by atoms with Gasteiger partial charge in [0.1, 0.15) is 18.4 Å². The van der Waals surface area contributed by atoms with Crippen LogP contribution in [0.2, 0.25) is 0 Å². The molecular formula is C10H8F2N6O4. The van der Waals surface area contributed by atoms with Gasteiger partial charge in [0.15, 0.2) is 0 Å². The summed E-state index contributed by atoms with van der Waals surface area (Å²) >= 11 is 0. The summed E-state index contributed by atoms with van der Waals surface area (Å²) in [5.74, 6) is -0.417. The monoisotopic (exact) mass is 314 g/mol. The molecule has 0 aliphatic heterocycles. The molecule has 1 aromatic carbocycles. The molecule has 1 heterocycles. The zero-order chi connectivity index (χ0) is 16.1. The first kappa shape index (κ1) is 15.1. The van der Waals surface area contributed by atoms with Crippen LogP contribution in [0.4, 0.5) is 25.0 Å². The number of anilines is 1. The highest BCUT2D eigenvalue weighted by Gasteiger charge is 2.16. The van der Waals surface area contributed by atoms with Crippen molar-refractivity contribution >= 4 is 17.4 Å². The Morgan fingerprint density at radius 2 is 2.05 bits per heavy atom. The highest BCUT2D eigenvalue weighted by molar-refractivity contribution is 5.96. The SMILES string of the molecule is O=C(Nc1cc([N+](=O)[O-])ccc1OC(F)F)Nn1cnnc1. The van der Waals surface area contributed by atoms with E-state index in [9.17, 15) is 23.7 Å². The van der Waals surface area contributed by atoms with Gasteiger partial charge in [0.25, 0.3) is 5.69 Å². The Labute approximate surface area is 120 Å². The van der Waals surface area contributed by atoms with Gasteiger partial charge in [0.05, 0.1) is 10.6 Å². The molecule has 2 N–H and O–H groups in total. The molecule has 0 spiro atoms. The number of hydrogen-bond donors (Lipinski definition) is 2. The van der Waals surface area contributed by atoms with Crippen LogP contribution >= 0.6 is 0 Å². The summed E-state index contributed by atoms with van der Waals surface area (Å²) in [6, 6.07) is 1.96. The number of aromatic nitrogens is 3. The Morgan fingerprint density at radius 1 is 1.36 bits per heavy atom. The Balaban J connectivity index is 2.20. The van der Waals surface area contributed by atoms with Crippen LogP contribution in [0.5, 0.6) is 5.75 Å². The number of rotatable bonds is 5. The number of hydrogen-bond acceptors (Lipinski definition) is 6. The van der Waals surface area contributed by atoms with E-state index in [0.29, 0.717) is 0 Å². The molecule has 0 unspecified atom stereocenters. The van der Waals surface area contributed by atoms with Crippen LogP contribution in [0, 0.1) is 10.1 Å². The van der Waals surface area contributed by atoms with Crippen LogP contribution in [0.25, 0.3) is 0 Å². The number of benzene rings is 1. The first-order chi connectivity index (χ1) is 10.5. The fourth-order valence-electron chi connectivity index (χ4n) is 1.45. The maximum Gasteiger partial charge on any atom is 0.387 e. The van der Waals surface area contributed by atoms with Crippen LogP contribution in [-0.2, 0) is 0 Å². The quantitative estimate of drug-likeness (QED) is 0.637. The lowest BCUT2D eigenvalue weighted by molar-refractivity contribution is -0.384. The van der Waals surface area contributed by atoms with Crippen molar-refractivity contribution in [3.05, 3.63) is 41.0 Å². The lowest BCUT2D eigenvalue weighted by Gasteiger charge is -2.12. The van der Waals surface area contributed by atoms with Crippen molar-refractivity contribution in [3.8, 4) is 5.75 Å². The number of urea groups is 1. The second kappa shape index (κ2) is 6.43. The number of nitro benzene ring substituents is 1. The number of halogens is 2. The van der Waals surface area contributed by atoms with E-state index in [4.69, 9.17) is 0 Å². The van der Waals surface area contributed by atoms with E-state index in [1.54, 1.807) is 0 Å². The minimum Gasteiger partial charge on any atom is -0.433 e. The number of carbonyl (C=O) groups excluding carboxylic acids is 1. The Morgan fingerprint density at radius 3 is 2.64 bits per heavy atom. The molecular weight excluding hydrogens is 306 g/mol. The molecule has 10 nitrogen and oxygen atoms in total. The van der Waals surface area contributed by atoms with E-state index in [2.05, 4.69) is 25.7 Å². The van der Waals surface area contributed by atoms with Crippen molar-refractivity contribution in [2.75, 3.05) is 10.7 Å². The number of carbonyl (C=O) groups is 1. The molecule has 0 aliphatic carbocycles. The molecule has 22 heavy (non-hydrogen) atoms. The second-order valence-corrected chi connectivity index (χ2v) is 3.75.